The lowest BCUT2D eigenvalue weighted by molar-refractivity contribution is 0.293. The molecule has 0 atom stereocenters. The van der Waals surface area contributed by atoms with Gasteiger partial charge in [0, 0.05) is 6.54 Å². The molecule has 4 heteroatoms. The van der Waals surface area contributed by atoms with Gasteiger partial charge in [0.15, 0.2) is 0 Å². The number of unbranched alkanes of at least 4 members (excludes halogenated alkanes) is 15. The summed E-state index contributed by atoms with van der Waals surface area (Å²) in [5.41, 5.74) is 5.69. The van der Waals surface area contributed by atoms with Crippen molar-refractivity contribution < 1.29 is 0 Å². The molecule has 0 unspecified atom stereocenters. The average Bonchev–Trinajstić information content (AvgIpc) is 3.08. The van der Waals surface area contributed by atoms with Gasteiger partial charge in [0.05, 0.1) is 0 Å². The van der Waals surface area contributed by atoms with Crippen molar-refractivity contribution in [3.05, 3.63) is 0 Å². The highest BCUT2D eigenvalue weighted by Crippen LogP contribution is 2.13. The van der Waals surface area contributed by atoms with E-state index in [-0.39, 0.29) is 0 Å². The molecule has 0 aromatic heterocycles. The minimum absolute atomic E-state index is 1.05. The van der Waals surface area contributed by atoms with Gasteiger partial charge in [-0.25, -0.2) is 5.53 Å². The van der Waals surface area contributed by atoms with E-state index in [0.29, 0.717) is 0 Å². The summed E-state index contributed by atoms with van der Waals surface area (Å²) >= 11 is 0. The summed E-state index contributed by atoms with van der Waals surface area (Å²) in [6.45, 7) is 3.34. The highest BCUT2D eigenvalue weighted by Gasteiger charge is 2.02. The summed E-state index contributed by atoms with van der Waals surface area (Å²) in [4.78, 5) is 0. The molecule has 2 N–H and O–H groups in total. The van der Waals surface area contributed by atoms with Crippen molar-refractivity contribution in [1.82, 2.24) is 16.1 Å². The molecule has 1 aliphatic rings. The molecule has 4 nitrogen and oxygen atoms in total. The third-order valence-electron chi connectivity index (χ3n) is 4.71. The van der Waals surface area contributed by atoms with E-state index < -0.39 is 0 Å². The molecule has 0 spiro atoms. The van der Waals surface area contributed by atoms with Crippen LogP contribution in [0.3, 0.4) is 0 Å². The maximum absolute atomic E-state index is 3.90. The van der Waals surface area contributed by atoms with E-state index in [9.17, 15) is 0 Å². The van der Waals surface area contributed by atoms with Crippen molar-refractivity contribution in [2.75, 3.05) is 6.54 Å². The summed E-state index contributed by atoms with van der Waals surface area (Å²) in [6.07, 6.45) is 24.6. The number of rotatable bonds is 17. The highest BCUT2D eigenvalue weighted by atomic mass is 15.8. The molecule has 0 aromatic rings. The molecule has 0 saturated heterocycles. The van der Waals surface area contributed by atoms with E-state index >= 15 is 0 Å². The van der Waals surface area contributed by atoms with Crippen molar-refractivity contribution in [3.63, 3.8) is 0 Å². The Morgan fingerprint density at radius 2 is 1.09 bits per heavy atom. The molecule has 0 aliphatic carbocycles. The molecule has 0 fully saturated rings. The number of nitrogens with zero attached hydrogens (tertiary/aromatic N) is 2. The quantitative estimate of drug-likeness (QED) is 0.346. The zero-order valence-electron chi connectivity index (χ0n) is 15.5. The number of hydrazine groups is 2. The topological polar surface area (TPSA) is 39.7 Å². The molecule has 0 amide bonds. The molecule has 1 aliphatic heterocycles. The fourth-order valence-corrected chi connectivity index (χ4v) is 3.16. The van der Waals surface area contributed by atoms with E-state index in [1.54, 1.807) is 0 Å². The molecule has 136 valence electrons. The smallest absolute Gasteiger partial charge is 0.128 e. The third kappa shape index (κ3) is 13.4. The van der Waals surface area contributed by atoms with E-state index in [1.165, 1.54) is 103 Å². The Morgan fingerprint density at radius 1 is 0.652 bits per heavy atom. The summed E-state index contributed by atoms with van der Waals surface area (Å²) in [6, 6.07) is 0. The first-order valence-electron chi connectivity index (χ1n) is 10.2. The average molecular weight is 325 g/mol. The van der Waals surface area contributed by atoms with Crippen LogP contribution >= 0.6 is 0 Å². The summed E-state index contributed by atoms with van der Waals surface area (Å²) in [7, 11) is 0. The Kier molecular flexibility index (Phi) is 14.2. The van der Waals surface area contributed by atoms with Crippen LogP contribution in [0.2, 0.25) is 0 Å². The van der Waals surface area contributed by atoms with Gasteiger partial charge in [-0.15, -0.1) is 5.53 Å². The standard InChI is InChI=1S/C19H40N4/c1-2-3-4-5-6-7-8-9-10-11-12-13-14-15-16-17-18-23-19-20-21-22-23/h19,21-22H,2-18H2,1H3. The minimum atomic E-state index is 1.05. The van der Waals surface area contributed by atoms with Crippen LogP contribution in [-0.2, 0) is 0 Å². The second kappa shape index (κ2) is 16.1. The lowest BCUT2D eigenvalue weighted by Crippen LogP contribution is -2.37. The van der Waals surface area contributed by atoms with Crippen molar-refractivity contribution in [2.45, 2.75) is 110 Å². The molecule has 1 heterocycles. The van der Waals surface area contributed by atoms with Crippen LogP contribution in [0.1, 0.15) is 110 Å². The zero-order chi connectivity index (χ0) is 16.4. The minimum Gasteiger partial charge on any atom is -0.278 e. The Balaban J connectivity index is 1.64. The number of hydrazone groups is 1. The van der Waals surface area contributed by atoms with Gasteiger partial charge in [-0.2, -0.15) is 5.10 Å². The van der Waals surface area contributed by atoms with E-state index in [2.05, 4.69) is 23.1 Å². The first-order valence-corrected chi connectivity index (χ1v) is 10.2. The number of hydrogen-bond acceptors (Lipinski definition) is 4. The summed E-state index contributed by atoms with van der Waals surface area (Å²) in [5, 5.41) is 5.90. The number of nitrogens with one attached hydrogen (secondary N) is 2. The van der Waals surface area contributed by atoms with Gasteiger partial charge in [-0.05, 0) is 6.42 Å². The van der Waals surface area contributed by atoms with Crippen LogP contribution in [0, 0.1) is 0 Å². The van der Waals surface area contributed by atoms with Gasteiger partial charge in [0.25, 0.3) is 0 Å². The third-order valence-corrected chi connectivity index (χ3v) is 4.71. The number of hydrogen-bond donors (Lipinski definition) is 2. The Morgan fingerprint density at radius 3 is 1.48 bits per heavy atom. The van der Waals surface area contributed by atoms with Gasteiger partial charge in [-0.1, -0.05) is 103 Å². The molecule has 23 heavy (non-hydrogen) atoms. The van der Waals surface area contributed by atoms with E-state index in [0.717, 1.165) is 6.54 Å². The predicted molar refractivity (Wildman–Crippen MR) is 101 cm³/mol. The Bertz CT molecular complexity index is 268. The lowest BCUT2D eigenvalue weighted by atomic mass is 10.0. The van der Waals surface area contributed by atoms with Crippen LogP contribution < -0.4 is 11.1 Å². The van der Waals surface area contributed by atoms with Crippen LogP contribution in [0.4, 0.5) is 0 Å². The Hall–Kier alpha value is -0.770. The first kappa shape index (κ1) is 20.3. The van der Waals surface area contributed by atoms with E-state index in [1.807, 2.05) is 11.3 Å². The van der Waals surface area contributed by atoms with Gasteiger partial charge < -0.3 is 0 Å². The Labute approximate surface area is 144 Å². The second-order valence-corrected chi connectivity index (χ2v) is 6.96. The molecular formula is C19H40N4. The molecule has 0 saturated carbocycles. The monoisotopic (exact) mass is 324 g/mol. The van der Waals surface area contributed by atoms with Crippen LogP contribution in [0.15, 0.2) is 5.10 Å². The summed E-state index contributed by atoms with van der Waals surface area (Å²) in [5.74, 6) is 0. The van der Waals surface area contributed by atoms with Gasteiger partial charge in [-0.3, -0.25) is 5.01 Å². The largest absolute Gasteiger partial charge is 0.278 e. The van der Waals surface area contributed by atoms with Crippen molar-refractivity contribution in [3.8, 4) is 0 Å². The lowest BCUT2D eigenvalue weighted by Gasteiger charge is -2.12. The molecular weight excluding hydrogens is 284 g/mol. The van der Waals surface area contributed by atoms with Crippen LogP contribution in [-0.4, -0.2) is 17.9 Å². The fraction of sp³-hybridized carbons (Fsp3) is 0.947. The highest BCUT2D eigenvalue weighted by molar-refractivity contribution is 5.54. The molecule has 1 rings (SSSR count). The molecule has 0 bridgehead atoms. The second-order valence-electron chi connectivity index (χ2n) is 6.96. The molecule has 0 aromatic carbocycles. The first-order chi connectivity index (χ1) is 11.4. The van der Waals surface area contributed by atoms with Crippen LogP contribution in [0.25, 0.3) is 0 Å². The molecule has 0 radical (unpaired) electrons. The van der Waals surface area contributed by atoms with Crippen molar-refractivity contribution in [1.29, 1.82) is 0 Å². The zero-order valence-corrected chi connectivity index (χ0v) is 15.5. The summed E-state index contributed by atoms with van der Waals surface area (Å²) < 4.78 is 0. The maximum atomic E-state index is 3.90. The van der Waals surface area contributed by atoms with Crippen molar-refractivity contribution in [2.24, 2.45) is 5.10 Å². The fourth-order valence-electron chi connectivity index (χ4n) is 3.16. The van der Waals surface area contributed by atoms with E-state index in [4.69, 9.17) is 0 Å². The maximum Gasteiger partial charge on any atom is 0.128 e. The van der Waals surface area contributed by atoms with Gasteiger partial charge >= 0.3 is 0 Å². The van der Waals surface area contributed by atoms with Gasteiger partial charge in [0.1, 0.15) is 6.34 Å². The predicted octanol–water partition coefficient (Wildman–Crippen LogP) is 5.52. The van der Waals surface area contributed by atoms with Crippen LogP contribution in [0.5, 0.6) is 0 Å². The van der Waals surface area contributed by atoms with Crippen molar-refractivity contribution >= 4 is 6.34 Å². The SMILES string of the molecule is CCCCCCCCCCCCCCCCCCN1C=NNN1. The van der Waals surface area contributed by atoms with Gasteiger partial charge in [0.2, 0.25) is 0 Å². The normalized spacial score (nSPS) is 13.7.